The highest BCUT2D eigenvalue weighted by Crippen LogP contribution is 2.13. The molecule has 4 heteroatoms. The summed E-state index contributed by atoms with van der Waals surface area (Å²) < 4.78 is 19.1. The zero-order valence-corrected chi connectivity index (χ0v) is 11.3. The van der Waals surface area contributed by atoms with Crippen LogP contribution in [0.25, 0.3) is 0 Å². The number of carbonyl (C=O) groups excluding carboxylic acids is 1. The van der Waals surface area contributed by atoms with Crippen molar-refractivity contribution in [1.82, 2.24) is 0 Å². The molecule has 0 aromatic heterocycles. The maximum atomic E-state index is 13.5. The molecule has 0 spiro atoms. The highest BCUT2D eigenvalue weighted by atomic mass is 127. The number of ether oxygens (including phenoxy) is 1. The van der Waals surface area contributed by atoms with E-state index >= 15 is 0 Å². The summed E-state index contributed by atoms with van der Waals surface area (Å²) in [5, 5.41) is 0. The van der Waals surface area contributed by atoms with Crippen LogP contribution < -0.4 is 0 Å². The van der Waals surface area contributed by atoms with Crippen molar-refractivity contribution in [3.05, 3.63) is 35.1 Å². The molecule has 0 bridgehead atoms. The van der Waals surface area contributed by atoms with E-state index in [1.807, 2.05) is 0 Å². The molecular formula is C12H14FIO2. The predicted molar refractivity (Wildman–Crippen MR) is 69.6 cm³/mol. The average Bonchev–Trinajstić information content (AvgIpc) is 2.29. The standard InChI is InChI=1S/C12H14FIO2/c1-16-12(15)10-6-5-9(8-11(10)13)4-2-3-7-14/h5-6,8H,2-4,7H2,1H3. The van der Waals surface area contributed by atoms with Gasteiger partial charge >= 0.3 is 5.97 Å². The van der Waals surface area contributed by atoms with E-state index in [0.717, 1.165) is 29.3 Å². The second-order valence-electron chi connectivity index (χ2n) is 3.45. The lowest BCUT2D eigenvalue weighted by Crippen LogP contribution is -2.04. The summed E-state index contributed by atoms with van der Waals surface area (Å²) in [5.74, 6) is -1.13. The number of alkyl halides is 1. The molecule has 0 radical (unpaired) electrons. The van der Waals surface area contributed by atoms with Gasteiger partial charge in [0.05, 0.1) is 12.7 Å². The van der Waals surface area contributed by atoms with Gasteiger partial charge in [-0.05, 0) is 41.4 Å². The van der Waals surface area contributed by atoms with Crippen LogP contribution in [0.3, 0.4) is 0 Å². The van der Waals surface area contributed by atoms with Gasteiger partial charge in [0.1, 0.15) is 5.82 Å². The summed E-state index contributed by atoms with van der Waals surface area (Å²) in [5.41, 5.74) is 0.926. The number of benzene rings is 1. The summed E-state index contributed by atoms with van der Waals surface area (Å²) in [4.78, 5) is 11.1. The van der Waals surface area contributed by atoms with Crippen molar-refractivity contribution in [3.63, 3.8) is 0 Å². The van der Waals surface area contributed by atoms with Crippen LogP contribution >= 0.6 is 22.6 Å². The quantitative estimate of drug-likeness (QED) is 0.357. The van der Waals surface area contributed by atoms with Gasteiger partial charge in [-0.15, -0.1) is 0 Å². The van der Waals surface area contributed by atoms with Gasteiger partial charge in [-0.2, -0.15) is 0 Å². The lowest BCUT2D eigenvalue weighted by atomic mass is 10.1. The molecule has 0 unspecified atom stereocenters. The third-order valence-electron chi connectivity index (χ3n) is 2.29. The molecule has 0 aliphatic carbocycles. The Hall–Kier alpha value is -0.650. The van der Waals surface area contributed by atoms with E-state index in [9.17, 15) is 9.18 Å². The van der Waals surface area contributed by atoms with Crippen molar-refractivity contribution in [2.45, 2.75) is 19.3 Å². The largest absolute Gasteiger partial charge is 0.465 e. The second-order valence-corrected chi connectivity index (χ2v) is 4.53. The topological polar surface area (TPSA) is 26.3 Å². The number of unbranched alkanes of at least 4 members (excludes halogenated alkanes) is 1. The van der Waals surface area contributed by atoms with Gasteiger partial charge in [0.2, 0.25) is 0 Å². The third-order valence-corrected chi connectivity index (χ3v) is 3.05. The number of hydrogen-bond donors (Lipinski definition) is 0. The first kappa shape index (κ1) is 13.4. The molecule has 0 aliphatic heterocycles. The van der Waals surface area contributed by atoms with Gasteiger partial charge in [-0.3, -0.25) is 0 Å². The Morgan fingerprint density at radius 2 is 2.19 bits per heavy atom. The van der Waals surface area contributed by atoms with Crippen LogP contribution in [0, 0.1) is 5.82 Å². The van der Waals surface area contributed by atoms with E-state index in [0.29, 0.717) is 0 Å². The Bertz CT molecular complexity index is 366. The van der Waals surface area contributed by atoms with Crippen molar-refractivity contribution in [3.8, 4) is 0 Å². The molecule has 1 rings (SSSR count). The Balaban J connectivity index is 2.71. The maximum absolute atomic E-state index is 13.5. The van der Waals surface area contributed by atoms with Crippen molar-refractivity contribution >= 4 is 28.6 Å². The predicted octanol–water partition coefficient (Wildman–Crippen LogP) is 3.37. The van der Waals surface area contributed by atoms with Gasteiger partial charge in [-0.25, -0.2) is 9.18 Å². The molecule has 0 heterocycles. The molecule has 0 saturated heterocycles. The molecule has 88 valence electrons. The van der Waals surface area contributed by atoms with Crippen LogP contribution in [-0.4, -0.2) is 17.5 Å². The minimum atomic E-state index is -0.628. The summed E-state index contributed by atoms with van der Waals surface area (Å²) >= 11 is 2.32. The van der Waals surface area contributed by atoms with Crippen LogP contribution in [-0.2, 0) is 11.2 Å². The zero-order valence-electron chi connectivity index (χ0n) is 9.13. The molecule has 0 amide bonds. The molecule has 2 nitrogen and oxygen atoms in total. The third kappa shape index (κ3) is 3.73. The van der Waals surface area contributed by atoms with Crippen LogP contribution in [0.5, 0.6) is 0 Å². The normalized spacial score (nSPS) is 10.2. The summed E-state index contributed by atoms with van der Waals surface area (Å²) in [6, 6.07) is 4.68. The van der Waals surface area contributed by atoms with Crippen LogP contribution in [0.4, 0.5) is 4.39 Å². The van der Waals surface area contributed by atoms with Gasteiger partial charge in [0, 0.05) is 0 Å². The average molecular weight is 336 g/mol. The molecule has 0 saturated carbocycles. The molecule has 1 aromatic rings. The molecule has 0 aliphatic rings. The number of esters is 1. The van der Waals surface area contributed by atoms with Crippen molar-refractivity contribution in [1.29, 1.82) is 0 Å². The molecule has 0 atom stereocenters. The Morgan fingerprint density at radius 1 is 1.44 bits per heavy atom. The second kappa shape index (κ2) is 6.83. The SMILES string of the molecule is COC(=O)c1ccc(CCCCI)cc1F. The fourth-order valence-corrected chi connectivity index (χ4v) is 1.95. The lowest BCUT2D eigenvalue weighted by molar-refractivity contribution is 0.0595. The fraction of sp³-hybridized carbons (Fsp3) is 0.417. The fourth-order valence-electron chi connectivity index (χ4n) is 1.41. The molecular weight excluding hydrogens is 322 g/mol. The zero-order chi connectivity index (χ0) is 12.0. The summed E-state index contributed by atoms with van der Waals surface area (Å²) in [6.07, 6.45) is 3.02. The first-order chi connectivity index (χ1) is 7.69. The maximum Gasteiger partial charge on any atom is 0.340 e. The number of methoxy groups -OCH3 is 1. The summed E-state index contributed by atoms with van der Waals surface area (Å²) in [7, 11) is 1.25. The van der Waals surface area contributed by atoms with Crippen LogP contribution in [0.1, 0.15) is 28.8 Å². The molecule has 1 aromatic carbocycles. The highest BCUT2D eigenvalue weighted by molar-refractivity contribution is 14.1. The molecule has 0 N–H and O–H groups in total. The van der Waals surface area contributed by atoms with E-state index in [1.54, 1.807) is 6.07 Å². The van der Waals surface area contributed by atoms with Gasteiger partial charge < -0.3 is 4.74 Å². The Kier molecular flexibility index (Phi) is 5.73. The van der Waals surface area contributed by atoms with Crippen molar-refractivity contribution in [2.75, 3.05) is 11.5 Å². The van der Waals surface area contributed by atoms with Gasteiger partial charge in [0.25, 0.3) is 0 Å². The van der Waals surface area contributed by atoms with E-state index < -0.39 is 11.8 Å². The van der Waals surface area contributed by atoms with Crippen molar-refractivity contribution < 1.29 is 13.9 Å². The Morgan fingerprint density at radius 3 is 2.75 bits per heavy atom. The van der Waals surface area contributed by atoms with E-state index in [1.165, 1.54) is 19.2 Å². The van der Waals surface area contributed by atoms with E-state index in [2.05, 4.69) is 27.3 Å². The van der Waals surface area contributed by atoms with Crippen molar-refractivity contribution in [2.24, 2.45) is 0 Å². The van der Waals surface area contributed by atoms with Gasteiger partial charge in [-0.1, -0.05) is 28.7 Å². The monoisotopic (exact) mass is 336 g/mol. The van der Waals surface area contributed by atoms with Gasteiger partial charge in [0.15, 0.2) is 0 Å². The summed E-state index contributed by atoms with van der Waals surface area (Å²) in [6.45, 7) is 0. The van der Waals surface area contributed by atoms with E-state index in [-0.39, 0.29) is 5.56 Å². The van der Waals surface area contributed by atoms with E-state index in [4.69, 9.17) is 0 Å². The number of rotatable bonds is 5. The number of aryl methyl sites for hydroxylation is 1. The molecule has 0 fully saturated rings. The van der Waals surface area contributed by atoms with Crippen LogP contribution in [0.2, 0.25) is 0 Å². The number of carbonyl (C=O) groups is 1. The van der Waals surface area contributed by atoms with Crippen LogP contribution in [0.15, 0.2) is 18.2 Å². The first-order valence-electron chi connectivity index (χ1n) is 5.11. The highest BCUT2D eigenvalue weighted by Gasteiger charge is 2.11. The lowest BCUT2D eigenvalue weighted by Gasteiger charge is -2.04. The minimum Gasteiger partial charge on any atom is -0.465 e. The number of halogens is 2. The first-order valence-corrected chi connectivity index (χ1v) is 6.64. The molecule has 16 heavy (non-hydrogen) atoms. The Labute approximate surface area is 108 Å². The minimum absolute atomic E-state index is 0.000131. The smallest absolute Gasteiger partial charge is 0.340 e. The number of hydrogen-bond acceptors (Lipinski definition) is 2.